The van der Waals surface area contributed by atoms with E-state index >= 15 is 0 Å². The molecule has 0 radical (unpaired) electrons. The Morgan fingerprint density at radius 3 is 2.49 bits per heavy atom. The van der Waals surface area contributed by atoms with Crippen LogP contribution in [0.25, 0.3) is 0 Å². The quantitative estimate of drug-likeness (QED) is 0.193. The fourth-order valence-electron chi connectivity index (χ4n) is 4.89. The highest BCUT2D eigenvalue weighted by molar-refractivity contribution is 6.02. The molecular formula is C30H37ClF2N6O4. The molecule has 0 bridgehead atoms. The van der Waals surface area contributed by atoms with Crippen LogP contribution < -0.4 is 16.4 Å². The molecular weight excluding hydrogens is 582 g/mol. The Hall–Kier alpha value is -3.90. The normalized spacial score (nSPS) is 14.1. The first-order chi connectivity index (χ1) is 20.3. The van der Waals surface area contributed by atoms with Gasteiger partial charge < -0.3 is 25.8 Å². The molecule has 1 aliphatic heterocycles. The van der Waals surface area contributed by atoms with Gasteiger partial charge in [0.1, 0.15) is 0 Å². The number of hydrogen-bond donors (Lipinski definition) is 3. The first kappa shape index (κ1) is 33.6. The van der Waals surface area contributed by atoms with E-state index in [0.29, 0.717) is 51.3 Å². The number of hydrogen-bond acceptors (Lipinski definition) is 7. The SMILES string of the molecule is Cl.NCCCCC(NC(=O)c1ccc(F)c(F)c1)C(=O)c1noc(CC2CCN(C(=O)NCCc3ccccc3)CC2)n1. The first-order valence-electron chi connectivity index (χ1n) is 14.2. The summed E-state index contributed by atoms with van der Waals surface area (Å²) in [5.74, 6) is -3.16. The number of unbranched alkanes of at least 4 members (excludes halogenated alkanes) is 1. The highest BCUT2D eigenvalue weighted by Gasteiger charge is 2.29. The molecule has 1 atom stereocenters. The number of halogens is 3. The molecule has 1 aliphatic rings. The number of ketones is 1. The molecule has 4 rings (SSSR count). The lowest BCUT2D eigenvalue weighted by Gasteiger charge is -2.31. The molecule has 10 nitrogen and oxygen atoms in total. The van der Waals surface area contributed by atoms with E-state index in [1.165, 1.54) is 5.56 Å². The molecule has 3 amide bonds. The maximum atomic E-state index is 13.6. The molecule has 3 aromatic rings. The van der Waals surface area contributed by atoms with E-state index in [2.05, 4.69) is 20.8 Å². The summed E-state index contributed by atoms with van der Waals surface area (Å²) in [6.45, 7) is 2.18. The predicted octanol–water partition coefficient (Wildman–Crippen LogP) is 4.09. The summed E-state index contributed by atoms with van der Waals surface area (Å²) < 4.78 is 32.3. The van der Waals surface area contributed by atoms with Gasteiger partial charge in [-0.1, -0.05) is 35.5 Å². The lowest BCUT2D eigenvalue weighted by molar-refractivity contribution is 0.0843. The van der Waals surface area contributed by atoms with Crippen LogP contribution in [-0.4, -0.2) is 65.0 Å². The van der Waals surface area contributed by atoms with Crippen LogP contribution in [0.5, 0.6) is 0 Å². The molecule has 232 valence electrons. The minimum absolute atomic E-state index is 0. The fourth-order valence-corrected chi connectivity index (χ4v) is 4.89. The van der Waals surface area contributed by atoms with Gasteiger partial charge >= 0.3 is 6.03 Å². The minimum Gasteiger partial charge on any atom is -0.342 e. The summed E-state index contributed by atoms with van der Waals surface area (Å²) in [5.41, 5.74) is 6.62. The lowest BCUT2D eigenvalue weighted by Crippen LogP contribution is -2.45. The Morgan fingerprint density at radius 1 is 1.05 bits per heavy atom. The number of carbonyl (C=O) groups is 3. The van der Waals surface area contributed by atoms with Crippen LogP contribution in [0.4, 0.5) is 13.6 Å². The van der Waals surface area contributed by atoms with Gasteiger partial charge in [-0.2, -0.15) is 4.98 Å². The van der Waals surface area contributed by atoms with Crippen LogP contribution in [0.1, 0.15) is 64.5 Å². The van der Waals surface area contributed by atoms with Gasteiger partial charge in [0.15, 0.2) is 11.6 Å². The number of rotatable bonds is 13. The second-order valence-corrected chi connectivity index (χ2v) is 10.4. The average molecular weight is 619 g/mol. The molecule has 1 unspecified atom stereocenters. The molecule has 0 saturated carbocycles. The summed E-state index contributed by atoms with van der Waals surface area (Å²) >= 11 is 0. The van der Waals surface area contributed by atoms with Gasteiger partial charge in [-0.25, -0.2) is 13.6 Å². The number of likely N-dealkylation sites (tertiary alicyclic amines) is 1. The number of nitrogens with zero attached hydrogens (tertiary/aromatic N) is 3. The van der Waals surface area contributed by atoms with Crippen LogP contribution in [0.15, 0.2) is 53.1 Å². The number of nitrogens with two attached hydrogens (primary N) is 1. The number of carbonyl (C=O) groups excluding carboxylic acids is 3. The monoisotopic (exact) mass is 618 g/mol. The fraction of sp³-hybridized carbons (Fsp3) is 0.433. The summed E-state index contributed by atoms with van der Waals surface area (Å²) in [7, 11) is 0. The van der Waals surface area contributed by atoms with Crippen LogP contribution in [0.3, 0.4) is 0 Å². The topological polar surface area (TPSA) is 143 Å². The average Bonchev–Trinajstić information content (AvgIpc) is 3.47. The third-order valence-electron chi connectivity index (χ3n) is 7.34. The number of amides is 3. The van der Waals surface area contributed by atoms with E-state index in [-0.39, 0.29) is 42.2 Å². The van der Waals surface area contributed by atoms with E-state index in [0.717, 1.165) is 37.5 Å². The van der Waals surface area contributed by atoms with Crippen molar-refractivity contribution in [2.75, 3.05) is 26.2 Å². The van der Waals surface area contributed by atoms with Crippen molar-refractivity contribution in [1.29, 1.82) is 0 Å². The highest BCUT2D eigenvalue weighted by Crippen LogP contribution is 2.21. The van der Waals surface area contributed by atoms with Crippen LogP contribution in [0.2, 0.25) is 0 Å². The lowest BCUT2D eigenvalue weighted by atomic mass is 9.93. The van der Waals surface area contributed by atoms with Gasteiger partial charge in [0, 0.05) is 31.6 Å². The van der Waals surface area contributed by atoms with E-state index in [1.807, 2.05) is 30.3 Å². The smallest absolute Gasteiger partial charge is 0.317 e. The van der Waals surface area contributed by atoms with Crippen molar-refractivity contribution < 1.29 is 27.7 Å². The first-order valence-corrected chi connectivity index (χ1v) is 14.2. The maximum absolute atomic E-state index is 13.6. The Labute approximate surface area is 255 Å². The number of benzene rings is 2. The minimum atomic E-state index is -1.16. The van der Waals surface area contributed by atoms with Gasteiger partial charge in [0.2, 0.25) is 17.5 Å². The van der Waals surface area contributed by atoms with E-state index in [9.17, 15) is 23.2 Å². The molecule has 1 aromatic heterocycles. The number of urea groups is 1. The zero-order chi connectivity index (χ0) is 29.9. The Morgan fingerprint density at radius 2 is 1.79 bits per heavy atom. The van der Waals surface area contributed by atoms with Gasteiger partial charge in [0.25, 0.3) is 5.91 Å². The number of Topliss-reactive ketones (excluding diaryl/α,β-unsaturated/α-hetero) is 1. The molecule has 1 saturated heterocycles. The zero-order valence-electron chi connectivity index (χ0n) is 23.8. The summed E-state index contributed by atoms with van der Waals surface area (Å²) in [4.78, 5) is 44.5. The van der Waals surface area contributed by atoms with Crippen molar-refractivity contribution in [3.8, 4) is 0 Å². The van der Waals surface area contributed by atoms with E-state index in [1.54, 1.807) is 4.90 Å². The number of nitrogens with one attached hydrogen (secondary N) is 2. The van der Waals surface area contributed by atoms with Crippen LogP contribution >= 0.6 is 12.4 Å². The maximum Gasteiger partial charge on any atom is 0.317 e. The molecule has 2 heterocycles. The van der Waals surface area contributed by atoms with E-state index in [4.69, 9.17) is 10.3 Å². The van der Waals surface area contributed by atoms with Gasteiger partial charge in [-0.3, -0.25) is 9.59 Å². The van der Waals surface area contributed by atoms with Crippen molar-refractivity contribution >= 4 is 30.1 Å². The summed E-state index contributed by atoms with van der Waals surface area (Å²) in [6.07, 6.45) is 4.18. The molecule has 4 N–H and O–H groups in total. The van der Waals surface area contributed by atoms with Crippen LogP contribution in [-0.2, 0) is 12.8 Å². The Kier molecular flexibility index (Phi) is 13.0. The molecule has 0 aliphatic carbocycles. The molecule has 13 heteroatoms. The van der Waals surface area contributed by atoms with Crippen molar-refractivity contribution in [1.82, 2.24) is 25.7 Å². The molecule has 43 heavy (non-hydrogen) atoms. The Balaban J connectivity index is 0.00000506. The van der Waals surface area contributed by atoms with Gasteiger partial charge in [-0.15, -0.1) is 12.4 Å². The predicted molar refractivity (Wildman–Crippen MR) is 158 cm³/mol. The second kappa shape index (κ2) is 16.7. The van der Waals surface area contributed by atoms with E-state index < -0.39 is 29.4 Å². The van der Waals surface area contributed by atoms with Crippen molar-refractivity contribution in [3.63, 3.8) is 0 Å². The zero-order valence-corrected chi connectivity index (χ0v) is 24.6. The summed E-state index contributed by atoms with van der Waals surface area (Å²) in [5, 5.41) is 9.40. The molecule has 1 fully saturated rings. The largest absolute Gasteiger partial charge is 0.342 e. The third kappa shape index (κ3) is 9.82. The third-order valence-corrected chi connectivity index (χ3v) is 7.34. The van der Waals surface area contributed by atoms with Crippen molar-refractivity contribution in [2.45, 2.75) is 51.0 Å². The highest BCUT2D eigenvalue weighted by atomic mass is 35.5. The van der Waals surface area contributed by atoms with Crippen molar-refractivity contribution in [3.05, 3.63) is 83.0 Å². The molecule has 0 spiro atoms. The second-order valence-electron chi connectivity index (χ2n) is 10.4. The number of aromatic nitrogens is 2. The Bertz CT molecular complexity index is 1350. The van der Waals surface area contributed by atoms with Gasteiger partial charge in [-0.05, 0) is 74.8 Å². The van der Waals surface area contributed by atoms with Crippen LogP contribution in [0, 0.1) is 17.6 Å². The summed E-state index contributed by atoms with van der Waals surface area (Å²) in [6, 6.07) is 11.7. The molecule has 2 aromatic carbocycles. The van der Waals surface area contributed by atoms with Crippen molar-refractivity contribution in [2.24, 2.45) is 11.7 Å². The number of piperidine rings is 1. The standard InChI is InChI=1S/C30H36F2N6O4.ClH/c31-23-10-9-22(19-24(23)32)29(40)35-25(8-4-5-14-33)27(39)28-36-26(42-37-28)18-21-12-16-38(17-13-21)30(41)34-15-11-20-6-2-1-3-7-20;/h1-3,6-7,9-10,19,21,25H,4-5,8,11-18,33H2,(H,34,41)(H,35,40);1H. The van der Waals surface area contributed by atoms with Gasteiger partial charge in [0.05, 0.1) is 6.04 Å².